The van der Waals surface area contributed by atoms with Crippen LogP contribution in [0.15, 0.2) is 24.3 Å². The third-order valence-electron chi connectivity index (χ3n) is 3.07. The molecule has 1 rings (SSSR count). The van der Waals surface area contributed by atoms with E-state index in [4.69, 9.17) is 4.74 Å². The molecule has 1 N–H and O–H groups in total. The van der Waals surface area contributed by atoms with Crippen molar-refractivity contribution in [2.75, 3.05) is 6.61 Å². The van der Waals surface area contributed by atoms with Gasteiger partial charge in [-0.15, -0.1) is 0 Å². The second kappa shape index (κ2) is 5.89. The van der Waals surface area contributed by atoms with Crippen molar-refractivity contribution in [3.8, 4) is 5.75 Å². The summed E-state index contributed by atoms with van der Waals surface area (Å²) in [5.41, 5.74) is 0.718. The van der Waals surface area contributed by atoms with Crippen LogP contribution in [0.5, 0.6) is 5.75 Å². The van der Waals surface area contributed by atoms with Gasteiger partial charge in [0.25, 0.3) is 5.91 Å². The van der Waals surface area contributed by atoms with E-state index in [1.54, 1.807) is 12.1 Å². The zero-order chi connectivity index (χ0) is 13.8. The average Bonchev–Trinajstić information content (AvgIpc) is 2.29. The lowest BCUT2D eigenvalue weighted by Gasteiger charge is -2.28. The monoisotopic (exact) mass is 249 g/mol. The SMILES string of the molecule is CCOc1ccc(C(=O)N[C@H](C)C(C)(C)C)cc1. The van der Waals surface area contributed by atoms with Gasteiger partial charge in [-0.1, -0.05) is 20.8 Å². The fourth-order valence-electron chi connectivity index (χ4n) is 1.37. The van der Waals surface area contributed by atoms with Gasteiger partial charge in [-0.05, 0) is 43.5 Å². The zero-order valence-electron chi connectivity index (χ0n) is 11.9. The summed E-state index contributed by atoms with van der Waals surface area (Å²) in [5, 5.41) is 3.01. The van der Waals surface area contributed by atoms with Gasteiger partial charge < -0.3 is 10.1 Å². The minimum Gasteiger partial charge on any atom is -0.494 e. The first-order chi connectivity index (χ1) is 8.34. The van der Waals surface area contributed by atoms with Crippen molar-refractivity contribution in [3.63, 3.8) is 0 Å². The van der Waals surface area contributed by atoms with Gasteiger partial charge >= 0.3 is 0 Å². The topological polar surface area (TPSA) is 38.3 Å². The second-order valence-electron chi connectivity index (χ2n) is 5.52. The van der Waals surface area contributed by atoms with Crippen LogP contribution in [-0.4, -0.2) is 18.6 Å². The minimum atomic E-state index is -0.0412. The molecular weight excluding hydrogens is 226 g/mol. The van der Waals surface area contributed by atoms with E-state index < -0.39 is 0 Å². The van der Waals surface area contributed by atoms with Crippen LogP contribution in [-0.2, 0) is 0 Å². The van der Waals surface area contributed by atoms with Gasteiger partial charge in [-0.3, -0.25) is 4.79 Å². The molecule has 100 valence electrons. The molecule has 0 bridgehead atoms. The molecule has 1 aromatic rings. The quantitative estimate of drug-likeness (QED) is 0.889. The number of amides is 1. The van der Waals surface area contributed by atoms with Crippen LogP contribution in [0.4, 0.5) is 0 Å². The maximum Gasteiger partial charge on any atom is 0.251 e. The standard InChI is InChI=1S/C15H23NO2/c1-6-18-13-9-7-12(8-10-13)14(17)16-11(2)15(3,4)5/h7-11H,6H2,1-5H3,(H,16,17)/t11-/m1/s1. The highest BCUT2D eigenvalue weighted by atomic mass is 16.5. The lowest BCUT2D eigenvalue weighted by molar-refractivity contribution is 0.0910. The summed E-state index contributed by atoms with van der Waals surface area (Å²) in [6, 6.07) is 7.34. The summed E-state index contributed by atoms with van der Waals surface area (Å²) in [6.45, 7) is 10.9. The van der Waals surface area contributed by atoms with Crippen molar-refractivity contribution in [1.82, 2.24) is 5.32 Å². The number of hydrogen-bond donors (Lipinski definition) is 1. The first kappa shape index (κ1) is 14.6. The molecule has 3 heteroatoms. The van der Waals surface area contributed by atoms with Crippen molar-refractivity contribution in [2.45, 2.75) is 40.7 Å². The Hall–Kier alpha value is -1.51. The van der Waals surface area contributed by atoms with Crippen molar-refractivity contribution in [1.29, 1.82) is 0 Å². The molecule has 0 saturated heterocycles. The molecule has 0 radical (unpaired) electrons. The van der Waals surface area contributed by atoms with Crippen LogP contribution in [0.3, 0.4) is 0 Å². The van der Waals surface area contributed by atoms with Crippen LogP contribution in [0, 0.1) is 5.41 Å². The molecule has 0 aliphatic heterocycles. The molecule has 1 aromatic carbocycles. The van der Waals surface area contributed by atoms with E-state index in [2.05, 4.69) is 26.1 Å². The lowest BCUT2D eigenvalue weighted by Crippen LogP contribution is -2.41. The number of benzene rings is 1. The molecule has 3 nitrogen and oxygen atoms in total. The Morgan fingerprint density at radius 3 is 2.28 bits per heavy atom. The average molecular weight is 249 g/mol. The molecule has 1 amide bonds. The Balaban J connectivity index is 2.67. The lowest BCUT2D eigenvalue weighted by atomic mass is 9.88. The third kappa shape index (κ3) is 4.06. The van der Waals surface area contributed by atoms with Crippen LogP contribution in [0.1, 0.15) is 45.0 Å². The molecule has 0 aliphatic rings. The maximum atomic E-state index is 12.0. The van der Waals surface area contributed by atoms with Crippen molar-refractivity contribution >= 4 is 5.91 Å². The van der Waals surface area contributed by atoms with Crippen LogP contribution < -0.4 is 10.1 Å². The van der Waals surface area contributed by atoms with Gasteiger partial charge in [-0.2, -0.15) is 0 Å². The number of hydrogen-bond acceptors (Lipinski definition) is 2. The van der Waals surface area contributed by atoms with Gasteiger partial charge in [0.15, 0.2) is 0 Å². The molecule has 0 aliphatic carbocycles. The molecule has 18 heavy (non-hydrogen) atoms. The number of nitrogens with one attached hydrogen (secondary N) is 1. The molecule has 0 unspecified atom stereocenters. The summed E-state index contributed by atoms with van der Waals surface area (Å²) in [5.74, 6) is 0.749. The molecule has 0 saturated carbocycles. The first-order valence-corrected chi connectivity index (χ1v) is 6.38. The fraction of sp³-hybridized carbons (Fsp3) is 0.533. The Morgan fingerprint density at radius 1 is 1.28 bits per heavy atom. The summed E-state index contributed by atoms with van der Waals surface area (Å²) >= 11 is 0. The van der Waals surface area contributed by atoms with Crippen molar-refractivity contribution in [2.24, 2.45) is 5.41 Å². The highest BCUT2D eigenvalue weighted by Gasteiger charge is 2.22. The Kier molecular flexibility index (Phi) is 4.76. The van der Waals surface area contributed by atoms with Gasteiger partial charge in [0, 0.05) is 11.6 Å². The van der Waals surface area contributed by atoms with Crippen LogP contribution in [0.25, 0.3) is 0 Å². The van der Waals surface area contributed by atoms with Gasteiger partial charge in [0.05, 0.1) is 6.61 Å². The van der Waals surface area contributed by atoms with Crippen molar-refractivity contribution in [3.05, 3.63) is 29.8 Å². The predicted molar refractivity (Wildman–Crippen MR) is 74.0 cm³/mol. The highest BCUT2D eigenvalue weighted by Crippen LogP contribution is 2.19. The minimum absolute atomic E-state index is 0.0412. The summed E-state index contributed by atoms with van der Waals surface area (Å²) < 4.78 is 5.34. The second-order valence-corrected chi connectivity index (χ2v) is 5.52. The van der Waals surface area contributed by atoms with Gasteiger partial charge in [0.1, 0.15) is 5.75 Å². The number of carbonyl (C=O) groups is 1. The number of carbonyl (C=O) groups excluding carboxylic acids is 1. The Labute approximate surface area is 110 Å². The molecule has 1 atom stereocenters. The van der Waals surface area contributed by atoms with Crippen molar-refractivity contribution < 1.29 is 9.53 Å². The third-order valence-corrected chi connectivity index (χ3v) is 3.07. The highest BCUT2D eigenvalue weighted by molar-refractivity contribution is 5.94. The normalized spacial score (nSPS) is 12.9. The van der Waals surface area contributed by atoms with E-state index in [0.29, 0.717) is 12.2 Å². The van der Waals surface area contributed by atoms with E-state index in [0.717, 1.165) is 5.75 Å². The van der Waals surface area contributed by atoms with E-state index in [9.17, 15) is 4.79 Å². The van der Waals surface area contributed by atoms with Gasteiger partial charge in [0.2, 0.25) is 0 Å². The summed E-state index contributed by atoms with van der Waals surface area (Å²) in [7, 11) is 0. The van der Waals surface area contributed by atoms with E-state index in [-0.39, 0.29) is 17.4 Å². The summed E-state index contributed by atoms with van der Waals surface area (Å²) in [6.07, 6.45) is 0. The molecular formula is C15H23NO2. The predicted octanol–water partition coefficient (Wildman–Crippen LogP) is 3.25. The van der Waals surface area contributed by atoms with E-state index in [1.807, 2.05) is 26.0 Å². The first-order valence-electron chi connectivity index (χ1n) is 6.38. The fourth-order valence-corrected chi connectivity index (χ4v) is 1.37. The molecule has 0 fully saturated rings. The van der Waals surface area contributed by atoms with Crippen LogP contribution >= 0.6 is 0 Å². The van der Waals surface area contributed by atoms with Crippen LogP contribution in [0.2, 0.25) is 0 Å². The number of rotatable bonds is 4. The zero-order valence-corrected chi connectivity index (χ0v) is 11.9. The Morgan fingerprint density at radius 2 is 1.83 bits per heavy atom. The largest absolute Gasteiger partial charge is 0.494 e. The molecule has 0 heterocycles. The van der Waals surface area contributed by atoms with E-state index in [1.165, 1.54) is 0 Å². The number of ether oxygens (including phenoxy) is 1. The van der Waals surface area contributed by atoms with Gasteiger partial charge in [-0.25, -0.2) is 0 Å². The summed E-state index contributed by atoms with van der Waals surface area (Å²) in [4.78, 5) is 12.0. The molecule has 0 spiro atoms. The maximum absolute atomic E-state index is 12.0. The smallest absolute Gasteiger partial charge is 0.251 e. The van der Waals surface area contributed by atoms with E-state index >= 15 is 0 Å². The molecule has 0 aromatic heterocycles. The Bertz CT molecular complexity index is 390.